The van der Waals surface area contributed by atoms with Crippen LogP contribution in [0.1, 0.15) is 23.6 Å². The third kappa shape index (κ3) is 2.77. The molecule has 128 valence electrons. The van der Waals surface area contributed by atoms with Crippen molar-refractivity contribution in [2.24, 2.45) is 0 Å². The Bertz CT molecular complexity index is 1040. The summed E-state index contributed by atoms with van der Waals surface area (Å²) < 4.78 is 34.3. The summed E-state index contributed by atoms with van der Waals surface area (Å²) in [5.74, 6) is 0.815. The van der Waals surface area contributed by atoms with Gasteiger partial charge in [-0.1, -0.05) is 24.3 Å². The van der Waals surface area contributed by atoms with Gasteiger partial charge in [0.1, 0.15) is 5.75 Å². The van der Waals surface area contributed by atoms with E-state index in [1.807, 2.05) is 24.3 Å². The van der Waals surface area contributed by atoms with Crippen LogP contribution in [-0.2, 0) is 16.4 Å². The van der Waals surface area contributed by atoms with E-state index >= 15 is 0 Å². The van der Waals surface area contributed by atoms with Gasteiger partial charge in [0.2, 0.25) is 10.0 Å². The first-order valence-electron chi connectivity index (χ1n) is 8.11. The Hall–Kier alpha value is -2.44. The second kappa shape index (κ2) is 6.13. The number of nitrogens with one attached hydrogen (secondary N) is 1. The highest BCUT2D eigenvalue weighted by Gasteiger charge is 2.29. The van der Waals surface area contributed by atoms with Gasteiger partial charge < -0.3 is 4.74 Å². The number of hydrogen-bond acceptors (Lipinski definition) is 4. The Morgan fingerprint density at radius 3 is 2.84 bits per heavy atom. The highest BCUT2D eigenvalue weighted by molar-refractivity contribution is 7.89. The minimum absolute atomic E-state index is 0.243. The average Bonchev–Trinajstić information content (AvgIpc) is 3.03. The standard InChI is InChI=1S/C19H18N2O3S/c1-24-18-6-3-5-15-16(18)8-9-17(15)21-25(22,23)19-7-2-4-13-12-20-11-10-14(13)19/h2-7,10-12,17,21H,8-9H2,1H3. The molecule has 2 aromatic carbocycles. The number of fused-ring (bicyclic) bond motifs is 2. The van der Waals surface area contributed by atoms with Crippen LogP contribution in [0.5, 0.6) is 5.75 Å². The number of sulfonamides is 1. The molecular weight excluding hydrogens is 336 g/mol. The molecule has 1 atom stereocenters. The number of rotatable bonds is 4. The monoisotopic (exact) mass is 354 g/mol. The van der Waals surface area contributed by atoms with Crippen LogP contribution in [0, 0.1) is 0 Å². The van der Waals surface area contributed by atoms with Gasteiger partial charge in [-0.2, -0.15) is 0 Å². The zero-order chi connectivity index (χ0) is 17.4. The van der Waals surface area contributed by atoms with Gasteiger partial charge in [0.15, 0.2) is 0 Å². The summed E-state index contributed by atoms with van der Waals surface area (Å²) in [4.78, 5) is 4.34. The Labute approximate surface area is 146 Å². The summed E-state index contributed by atoms with van der Waals surface area (Å²) in [6.07, 6.45) is 4.80. The minimum atomic E-state index is -3.65. The summed E-state index contributed by atoms with van der Waals surface area (Å²) in [5, 5.41) is 1.48. The maximum atomic E-state index is 13.0. The van der Waals surface area contributed by atoms with Crippen molar-refractivity contribution in [3.05, 3.63) is 66.0 Å². The van der Waals surface area contributed by atoms with Crippen molar-refractivity contribution in [2.75, 3.05) is 7.11 Å². The maximum absolute atomic E-state index is 13.0. The zero-order valence-electron chi connectivity index (χ0n) is 13.8. The minimum Gasteiger partial charge on any atom is -0.496 e. The topological polar surface area (TPSA) is 68.3 Å². The maximum Gasteiger partial charge on any atom is 0.241 e. The predicted octanol–water partition coefficient (Wildman–Crippen LogP) is 3.21. The predicted molar refractivity (Wildman–Crippen MR) is 96.1 cm³/mol. The van der Waals surface area contributed by atoms with Crippen molar-refractivity contribution in [1.29, 1.82) is 0 Å². The fourth-order valence-electron chi connectivity index (χ4n) is 3.51. The fraction of sp³-hybridized carbons (Fsp3) is 0.211. The number of aromatic nitrogens is 1. The van der Waals surface area contributed by atoms with Gasteiger partial charge >= 0.3 is 0 Å². The SMILES string of the molecule is COc1cccc2c1CCC2NS(=O)(=O)c1cccc2cnccc12. The number of methoxy groups -OCH3 is 1. The third-order valence-electron chi connectivity index (χ3n) is 4.68. The Morgan fingerprint density at radius 2 is 2.00 bits per heavy atom. The largest absolute Gasteiger partial charge is 0.496 e. The van der Waals surface area contributed by atoms with Crippen LogP contribution < -0.4 is 9.46 Å². The zero-order valence-corrected chi connectivity index (χ0v) is 14.6. The number of hydrogen-bond donors (Lipinski definition) is 1. The van der Waals surface area contributed by atoms with Gasteiger partial charge in [0.25, 0.3) is 0 Å². The molecule has 5 nitrogen and oxygen atoms in total. The van der Waals surface area contributed by atoms with E-state index in [1.165, 1.54) is 0 Å². The molecule has 0 bridgehead atoms. The molecule has 0 saturated heterocycles. The fourth-order valence-corrected chi connectivity index (χ4v) is 4.99. The van der Waals surface area contributed by atoms with E-state index in [-0.39, 0.29) is 10.9 Å². The van der Waals surface area contributed by atoms with Gasteiger partial charge in [-0.15, -0.1) is 0 Å². The van der Waals surface area contributed by atoms with Crippen molar-refractivity contribution in [3.8, 4) is 5.75 Å². The van der Waals surface area contributed by atoms with E-state index in [1.54, 1.807) is 37.7 Å². The Morgan fingerprint density at radius 1 is 1.16 bits per heavy atom. The molecule has 0 spiro atoms. The Balaban J connectivity index is 1.72. The van der Waals surface area contributed by atoms with E-state index in [2.05, 4.69) is 9.71 Å². The van der Waals surface area contributed by atoms with Crippen molar-refractivity contribution in [2.45, 2.75) is 23.8 Å². The number of nitrogens with zero attached hydrogens (tertiary/aromatic N) is 1. The van der Waals surface area contributed by atoms with E-state index in [0.29, 0.717) is 5.39 Å². The van der Waals surface area contributed by atoms with Crippen molar-refractivity contribution in [1.82, 2.24) is 9.71 Å². The molecule has 1 unspecified atom stereocenters. The first-order chi connectivity index (χ1) is 12.1. The first kappa shape index (κ1) is 16.1. The summed E-state index contributed by atoms with van der Waals surface area (Å²) in [5.41, 5.74) is 2.07. The molecule has 0 fully saturated rings. The van der Waals surface area contributed by atoms with Crippen molar-refractivity contribution in [3.63, 3.8) is 0 Å². The molecule has 0 amide bonds. The van der Waals surface area contributed by atoms with E-state index in [9.17, 15) is 8.42 Å². The lowest BCUT2D eigenvalue weighted by Gasteiger charge is -2.16. The number of benzene rings is 2. The van der Waals surface area contributed by atoms with Crippen LogP contribution in [0.4, 0.5) is 0 Å². The molecule has 1 heterocycles. The molecular formula is C19H18N2O3S. The van der Waals surface area contributed by atoms with Gasteiger partial charge in [0.05, 0.1) is 12.0 Å². The lowest BCUT2D eigenvalue weighted by molar-refractivity contribution is 0.410. The number of ether oxygens (including phenoxy) is 1. The Kier molecular flexibility index (Phi) is 3.94. The summed E-state index contributed by atoms with van der Waals surface area (Å²) >= 11 is 0. The molecule has 1 aromatic heterocycles. The van der Waals surface area contributed by atoms with Gasteiger partial charge in [-0.3, -0.25) is 4.98 Å². The van der Waals surface area contributed by atoms with Gasteiger partial charge in [0, 0.05) is 29.2 Å². The molecule has 1 N–H and O–H groups in total. The highest BCUT2D eigenvalue weighted by atomic mass is 32.2. The summed E-state index contributed by atoms with van der Waals surface area (Å²) in [7, 11) is -2.02. The second-order valence-electron chi connectivity index (χ2n) is 6.09. The molecule has 4 rings (SSSR count). The molecule has 6 heteroatoms. The van der Waals surface area contributed by atoms with Crippen LogP contribution in [0.2, 0.25) is 0 Å². The lowest BCUT2D eigenvalue weighted by Crippen LogP contribution is -2.27. The highest BCUT2D eigenvalue weighted by Crippen LogP contribution is 2.37. The van der Waals surface area contributed by atoms with Gasteiger partial charge in [-0.05, 0) is 42.2 Å². The van der Waals surface area contributed by atoms with E-state index < -0.39 is 10.0 Å². The number of pyridine rings is 1. The van der Waals surface area contributed by atoms with E-state index in [4.69, 9.17) is 4.74 Å². The molecule has 0 aliphatic heterocycles. The van der Waals surface area contributed by atoms with Crippen LogP contribution in [-0.4, -0.2) is 20.5 Å². The summed E-state index contributed by atoms with van der Waals surface area (Å²) in [6.45, 7) is 0. The normalized spacial score (nSPS) is 16.8. The molecule has 1 aliphatic carbocycles. The molecule has 3 aromatic rings. The summed E-state index contributed by atoms with van der Waals surface area (Å²) in [6, 6.07) is 12.5. The van der Waals surface area contributed by atoms with Crippen LogP contribution in [0.15, 0.2) is 59.8 Å². The average molecular weight is 354 g/mol. The second-order valence-corrected chi connectivity index (χ2v) is 7.78. The van der Waals surface area contributed by atoms with Crippen molar-refractivity contribution >= 4 is 20.8 Å². The van der Waals surface area contributed by atoms with Gasteiger partial charge in [-0.25, -0.2) is 13.1 Å². The van der Waals surface area contributed by atoms with Crippen LogP contribution in [0.25, 0.3) is 10.8 Å². The van der Waals surface area contributed by atoms with Crippen LogP contribution >= 0.6 is 0 Å². The van der Waals surface area contributed by atoms with E-state index in [0.717, 1.165) is 35.1 Å². The smallest absolute Gasteiger partial charge is 0.241 e. The molecule has 1 aliphatic rings. The van der Waals surface area contributed by atoms with Crippen LogP contribution in [0.3, 0.4) is 0 Å². The molecule has 0 saturated carbocycles. The lowest BCUT2D eigenvalue weighted by atomic mass is 10.1. The first-order valence-corrected chi connectivity index (χ1v) is 9.59. The molecule has 25 heavy (non-hydrogen) atoms. The molecule has 0 radical (unpaired) electrons. The third-order valence-corrected chi connectivity index (χ3v) is 6.21. The quantitative estimate of drug-likeness (QED) is 0.781. The van der Waals surface area contributed by atoms with Crippen molar-refractivity contribution < 1.29 is 13.2 Å².